The van der Waals surface area contributed by atoms with E-state index in [9.17, 15) is 9.59 Å². The molecule has 1 aromatic carbocycles. The van der Waals surface area contributed by atoms with E-state index in [0.29, 0.717) is 18.9 Å². The number of nitrogens with zero attached hydrogens (tertiary/aromatic N) is 1. The first-order chi connectivity index (χ1) is 10.1. The van der Waals surface area contributed by atoms with Crippen molar-refractivity contribution >= 4 is 11.9 Å². The lowest BCUT2D eigenvalue weighted by Crippen LogP contribution is -2.40. The van der Waals surface area contributed by atoms with E-state index >= 15 is 0 Å². The summed E-state index contributed by atoms with van der Waals surface area (Å²) < 4.78 is 5.56. The Bertz CT molecular complexity index is 510. The summed E-state index contributed by atoms with van der Waals surface area (Å²) in [5.74, 6) is -0.846. The zero-order chi connectivity index (χ0) is 15.2. The Morgan fingerprint density at radius 2 is 1.95 bits per heavy atom. The van der Waals surface area contributed by atoms with Crippen molar-refractivity contribution in [3.63, 3.8) is 0 Å². The lowest BCUT2D eigenvalue weighted by molar-refractivity contribution is -0.123. The van der Waals surface area contributed by atoms with E-state index in [2.05, 4.69) is 4.90 Å². The van der Waals surface area contributed by atoms with Crippen molar-refractivity contribution in [2.24, 2.45) is 11.7 Å². The van der Waals surface area contributed by atoms with E-state index in [0.717, 1.165) is 25.9 Å². The second-order valence-corrected chi connectivity index (χ2v) is 5.17. The van der Waals surface area contributed by atoms with Crippen LogP contribution in [-0.4, -0.2) is 48.1 Å². The van der Waals surface area contributed by atoms with Gasteiger partial charge in [-0.3, -0.25) is 9.69 Å². The van der Waals surface area contributed by atoms with Crippen LogP contribution in [0.2, 0.25) is 0 Å². The number of benzene rings is 1. The highest BCUT2D eigenvalue weighted by Crippen LogP contribution is 2.19. The van der Waals surface area contributed by atoms with Crippen LogP contribution in [0.4, 0.5) is 0 Å². The molecule has 21 heavy (non-hydrogen) atoms. The number of carboxylic acid groups (broad SMARTS) is 1. The highest BCUT2D eigenvalue weighted by Gasteiger charge is 2.22. The standard InChI is InChI=1S/C15H20N2O4/c16-14(18)11-5-7-17(8-6-11)9-10-21-13-4-2-1-3-12(13)15(19)20/h1-4,11H,5-10H2,(H2,16,18)(H,19,20). The Morgan fingerprint density at radius 3 is 2.57 bits per heavy atom. The number of carbonyl (C=O) groups is 2. The lowest BCUT2D eigenvalue weighted by Gasteiger charge is -2.30. The van der Waals surface area contributed by atoms with Crippen LogP contribution < -0.4 is 10.5 Å². The number of carbonyl (C=O) groups excluding carboxylic acids is 1. The topological polar surface area (TPSA) is 92.9 Å². The molecule has 1 aromatic rings. The summed E-state index contributed by atoms with van der Waals surface area (Å²) >= 11 is 0. The zero-order valence-electron chi connectivity index (χ0n) is 11.8. The van der Waals surface area contributed by atoms with Gasteiger partial charge in [0, 0.05) is 12.5 Å². The molecule has 0 unspecified atom stereocenters. The number of para-hydroxylation sites is 1. The number of amides is 1. The molecule has 1 amide bonds. The number of nitrogens with two attached hydrogens (primary N) is 1. The molecule has 0 aromatic heterocycles. The fourth-order valence-corrected chi connectivity index (χ4v) is 2.49. The van der Waals surface area contributed by atoms with Crippen LogP contribution in [-0.2, 0) is 4.79 Å². The van der Waals surface area contributed by atoms with Crippen molar-refractivity contribution in [1.29, 1.82) is 0 Å². The third kappa shape index (κ3) is 4.19. The minimum absolute atomic E-state index is 0.0186. The summed E-state index contributed by atoms with van der Waals surface area (Å²) in [6, 6.07) is 6.60. The van der Waals surface area contributed by atoms with Crippen molar-refractivity contribution in [2.75, 3.05) is 26.2 Å². The average molecular weight is 292 g/mol. The molecule has 1 heterocycles. The van der Waals surface area contributed by atoms with Crippen molar-refractivity contribution in [2.45, 2.75) is 12.8 Å². The molecular formula is C15H20N2O4. The minimum Gasteiger partial charge on any atom is -0.491 e. The van der Waals surface area contributed by atoms with Gasteiger partial charge in [0.2, 0.25) is 5.91 Å². The molecule has 3 N–H and O–H groups in total. The van der Waals surface area contributed by atoms with E-state index in [4.69, 9.17) is 15.6 Å². The van der Waals surface area contributed by atoms with Crippen LogP contribution >= 0.6 is 0 Å². The summed E-state index contributed by atoms with van der Waals surface area (Å²) in [5, 5.41) is 9.06. The monoisotopic (exact) mass is 292 g/mol. The van der Waals surface area contributed by atoms with Gasteiger partial charge in [0.25, 0.3) is 0 Å². The van der Waals surface area contributed by atoms with Crippen molar-refractivity contribution < 1.29 is 19.4 Å². The Balaban J connectivity index is 1.78. The van der Waals surface area contributed by atoms with E-state index in [-0.39, 0.29) is 17.4 Å². The smallest absolute Gasteiger partial charge is 0.339 e. The molecule has 1 aliphatic heterocycles. The van der Waals surface area contributed by atoms with Gasteiger partial charge < -0.3 is 15.6 Å². The molecule has 2 rings (SSSR count). The minimum atomic E-state index is -0.993. The summed E-state index contributed by atoms with van der Waals surface area (Å²) in [7, 11) is 0. The first-order valence-electron chi connectivity index (χ1n) is 7.04. The summed E-state index contributed by atoms with van der Waals surface area (Å²) in [5.41, 5.74) is 5.47. The predicted octanol–water partition coefficient (Wildman–Crippen LogP) is 0.961. The third-order valence-electron chi connectivity index (χ3n) is 3.77. The highest BCUT2D eigenvalue weighted by atomic mass is 16.5. The maximum atomic E-state index is 11.1. The van der Waals surface area contributed by atoms with Crippen LogP contribution in [0.5, 0.6) is 5.75 Å². The first-order valence-corrected chi connectivity index (χ1v) is 7.04. The Labute approximate surface area is 123 Å². The Kier molecular flexibility index (Phi) is 5.16. The lowest BCUT2D eigenvalue weighted by atomic mass is 9.96. The second-order valence-electron chi connectivity index (χ2n) is 5.17. The van der Waals surface area contributed by atoms with E-state index in [1.54, 1.807) is 18.2 Å². The molecule has 6 heteroatoms. The summed E-state index contributed by atoms with van der Waals surface area (Å²) in [6.45, 7) is 2.76. The number of rotatable bonds is 6. The predicted molar refractivity (Wildman–Crippen MR) is 77.3 cm³/mol. The van der Waals surface area contributed by atoms with Crippen molar-refractivity contribution in [1.82, 2.24) is 4.90 Å². The Hall–Kier alpha value is -2.08. The molecule has 0 radical (unpaired) electrons. The molecule has 0 bridgehead atoms. The van der Waals surface area contributed by atoms with Gasteiger partial charge in [-0.1, -0.05) is 12.1 Å². The van der Waals surface area contributed by atoms with Gasteiger partial charge in [0.15, 0.2) is 0 Å². The number of aromatic carboxylic acids is 1. The molecule has 1 fully saturated rings. The van der Waals surface area contributed by atoms with Crippen LogP contribution in [0.3, 0.4) is 0 Å². The molecule has 6 nitrogen and oxygen atoms in total. The number of carboxylic acids is 1. The number of hydrogen-bond acceptors (Lipinski definition) is 4. The van der Waals surface area contributed by atoms with Gasteiger partial charge in [0.05, 0.1) is 0 Å². The van der Waals surface area contributed by atoms with Gasteiger partial charge in [0.1, 0.15) is 17.9 Å². The van der Waals surface area contributed by atoms with Gasteiger partial charge in [-0.15, -0.1) is 0 Å². The van der Waals surface area contributed by atoms with Gasteiger partial charge in [-0.2, -0.15) is 0 Å². The van der Waals surface area contributed by atoms with Crippen molar-refractivity contribution in [3.8, 4) is 5.75 Å². The molecule has 0 aliphatic carbocycles. The third-order valence-corrected chi connectivity index (χ3v) is 3.77. The van der Waals surface area contributed by atoms with Crippen LogP contribution in [0, 0.1) is 5.92 Å². The zero-order valence-corrected chi connectivity index (χ0v) is 11.8. The normalized spacial score (nSPS) is 16.6. The second kappa shape index (κ2) is 7.08. The Morgan fingerprint density at radius 1 is 1.29 bits per heavy atom. The van der Waals surface area contributed by atoms with Crippen molar-refractivity contribution in [3.05, 3.63) is 29.8 Å². The van der Waals surface area contributed by atoms with Crippen LogP contribution in [0.25, 0.3) is 0 Å². The summed E-state index contributed by atoms with van der Waals surface area (Å²) in [6.07, 6.45) is 1.56. The molecule has 0 saturated carbocycles. The molecule has 114 valence electrons. The molecule has 1 saturated heterocycles. The number of likely N-dealkylation sites (tertiary alicyclic amines) is 1. The fraction of sp³-hybridized carbons (Fsp3) is 0.467. The average Bonchev–Trinajstić information content (AvgIpc) is 2.48. The molecule has 0 spiro atoms. The molecule has 0 atom stereocenters. The fourth-order valence-electron chi connectivity index (χ4n) is 2.49. The first kappa shape index (κ1) is 15.3. The van der Waals surface area contributed by atoms with E-state index < -0.39 is 5.97 Å². The van der Waals surface area contributed by atoms with Crippen LogP contribution in [0.1, 0.15) is 23.2 Å². The van der Waals surface area contributed by atoms with Gasteiger partial charge in [-0.05, 0) is 38.1 Å². The quantitative estimate of drug-likeness (QED) is 0.814. The SMILES string of the molecule is NC(=O)C1CCN(CCOc2ccccc2C(=O)O)CC1. The largest absolute Gasteiger partial charge is 0.491 e. The summed E-state index contributed by atoms with van der Waals surface area (Å²) in [4.78, 5) is 24.3. The van der Waals surface area contributed by atoms with Gasteiger partial charge in [-0.25, -0.2) is 4.79 Å². The van der Waals surface area contributed by atoms with Gasteiger partial charge >= 0.3 is 5.97 Å². The molecular weight excluding hydrogens is 272 g/mol. The van der Waals surface area contributed by atoms with Crippen LogP contribution in [0.15, 0.2) is 24.3 Å². The maximum Gasteiger partial charge on any atom is 0.339 e. The maximum absolute atomic E-state index is 11.1. The number of hydrogen-bond donors (Lipinski definition) is 2. The molecule has 1 aliphatic rings. The van der Waals surface area contributed by atoms with E-state index in [1.165, 1.54) is 6.07 Å². The number of primary amides is 1. The highest BCUT2D eigenvalue weighted by molar-refractivity contribution is 5.90. The number of ether oxygens (including phenoxy) is 1. The van der Waals surface area contributed by atoms with E-state index in [1.807, 2.05) is 0 Å². The number of piperidine rings is 1.